The highest BCUT2D eigenvalue weighted by Crippen LogP contribution is 2.31. The average Bonchev–Trinajstić information content (AvgIpc) is 2.91. The third kappa shape index (κ3) is 2.45. The van der Waals surface area contributed by atoms with E-state index in [2.05, 4.69) is 33.8 Å². The Labute approximate surface area is 122 Å². The third-order valence-electron chi connectivity index (χ3n) is 3.28. The van der Waals surface area contributed by atoms with Gasteiger partial charge in [0.1, 0.15) is 12.0 Å². The molecule has 0 aliphatic carbocycles. The Morgan fingerprint density at radius 3 is 2.55 bits per heavy atom. The van der Waals surface area contributed by atoms with Gasteiger partial charge in [-0.05, 0) is 6.07 Å². The molecule has 2 N–H and O–H groups in total. The standard InChI is InChI=1S/C13H18N6S/c1-9-6-18(7-10(2)20-9)12-11(14)13(16-8-15-12)19-5-3-4-17-19/h3-5,8-10H,6-7,14H2,1-2H3/t9-,10+. The predicted octanol–water partition coefficient (Wildman–Crippen LogP) is 1.57. The minimum atomic E-state index is 0.571. The molecule has 1 fully saturated rings. The van der Waals surface area contributed by atoms with Crippen LogP contribution in [0.1, 0.15) is 13.8 Å². The molecular formula is C13H18N6S. The lowest BCUT2D eigenvalue weighted by atomic mass is 10.3. The van der Waals surface area contributed by atoms with Crippen LogP contribution in [-0.2, 0) is 0 Å². The number of anilines is 2. The maximum absolute atomic E-state index is 6.26. The minimum absolute atomic E-state index is 0.571. The van der Waals surface area contributed by atoms with Gasteiger partial charge < -0.3 is 10.6 Å². The Balaban J connectivity index is 1.96. The van der Waals surface area contributed by atoms with E-state index in [0.717, 1.165) is 18.9 Å². The van der Waals surface area contributed by atoms with Crippen LogP contribution in [0.2, 0.25) is 0 Å². The molecule has 6 nitrogen and oxygen atoms in total. The van der Waals surface area contributed by atoms with Crippen LogP contribution < -0.4 is 10.6 Å². The number of aromatic nitrogens is 4. The van der Waals surface area contributed by atoms with Crippen molar-refractivity contribution in [1.82, 2.24) is 19.7 Å². The van der Waals surface area contributed by atoms with E-state index in [0.29, 0.717) is 22.0 Å². The van der Waals surface area contributed by atoms with E-state index in [1.807, 2.05) is 24.0 Å². The second-order valence-electron chi connectivity index (χ2n) is 5.05. The largest absolute Gasteiger partial charge is 0.393 e. The minimum Gasteiger partial charge on any atom is -0.393 e. The highest BCUT2D eigenvalue weighted by Gasteiger charge is 2.25. The van der Waals surface area contributed by atoms with Crippen molar-refractivity contribution in [3.8, 4) is 5.82 Å². The van der Waals surface area contributed by atoms with Crippen LogP contribution in [0, 0.1) is 0 Å². The van der Waals surface area contributed by atoms with Gasteiger partial charge in [-0.15, -0.1) is 0 Å². The van der Waals surface area contributed by atoms with Crippen LogP contribution in [0.25, 0.3) is 5.82 Å². The summed E-state index contributed by atoms with van der Waals surface area (Å²) in [6.45, 7) is 6.38. The molecule has 1 aliphatic rings. The van der Waals surface area contributed by atoms with E-state index in [1.165, 1.54) is 0 Å². The molecule has 3 rings (SSSR count). The molecule has 3 heterocycles. The van der Waals surface area contributed by atoms with Crippen molar-refractivity contribution in [2.24, 2.45) is 0 Å². The second kappa shape index (κ2) is 5.32. The number of hydrogen-bond donors (Lipinski definition) is 1. The Hall–Kier alpha value is -1.76. The molecule has 0 aromatic carbocycles. The molecule has 0 unspecified atom stereocenters. The average molecular weight is 290 g/mol. The Bertz CT molecular complexity index is 575. The van der Waals surface area contributed by atoms with Crippen molar-refractivity contribution in [3.05, 3.63) is 24.8 Å². The lowest BCUT2D eigenvalue weighted by Crippen LogP contribution is -2.41. The fourth-order valence-electron chi connectivity index (χ4n) is 2.56. The van der Waals surface area contributed by atoms with Gasteiger partial charge in [-0.25, -0.2) is 14.6 Å². The third-order valence-corrected chi connectivity index (χ3v) is 4.51. The summed E-state index contributed by atoms with van der Waals surface area (Å²) in [5, 5.41) is 5.33. The topological polar surface area (TPSA) is 72.9 Å². The second-order valence-corrected chi connectivity index (χ2v) is 6.93. The van der Waals surface area contributed by atoms with E-state index < -0.39 is 0 Å². The maximum Gasteiger partial charge on any atom is 0.181 e. The van der Waals surface area contributed by atoms with Gasteiger partial charge in [0, 0.05) is 36.0 Å². The zero-order chi connectivity index (χ0) is 14.1. The number of nitrogens with zero attached hydrogens (tertiary/aromatic N) is 5. The smallest absolute Gasteiger partial charge is 0.181 e. The first kappa shape index (κ1) is 13.2. The Morgan fingerprint density at radius 2 is 1.90 bits per heavy atom. The van der Waals surface area contributed by atoms with Crippen LogP contribution >= 0.6 is 11.8 Å². The molecule has 0 bridgehead atoms. The lowest BCUT2D eigenvalue weighted by Gasteiger charge is -2.35. The highest BCUT2D eigenvalue weighted by atomic mass is 32.2. The number of nitrogen functional groups attached to an aromatic ring is 1. The molecule has 1 aliphatic heterocycles. The van der Waals surface area contributed by atoms with E-state index >= 15 is 0 Å². The number of hydrogen-bond acceptors (Lipinski definition) is 6. The molecule has 0 radical (unpaired) electrons. The van der Waals surface area contributed by atoms with Crippen LogP contribution in [0.4, 0.5) is 11.5 Å². The van der Waals surface area contributed by atoms with Crippen molar-refractivity contribution < 1.29 is 0 Å². The van der Waals surface area contributed by atoms with Gasteiger partial charge in [0.05, 0.1) is 0 Å². The van der Waals surface area contributed by atoms with Crippen LogP contribution in [0.15, 0.2) is 24.8 Å². The van der Waals surface area contributed by atoms with E-state index in [-0.39, 0.29) is 0 Å². The normalized spacial score (nSPS) is 23.0. The van der Waals surface area contributed by atoms with Gasteiger partial charge in [0.15, 0.2) is 11.6 Å². The van der Waals surface area contributed by atoms with Crippen molar-refractivity contribution in [2.75, 3.05) is 23.7 Å². The lowest BCUT2D eigenvalue weighted by molar-refractivity contribution is 0.716. The predicted molar refractivity (Wildman–Crippen MR) is 82.3 cm³/mol. The van der Waals surface area contributed by atoms with E-state index in [1.54, 1.807) is 17.2 Å². The van der Waals surface area contributed by atoms with Crippen molar-refractivity contribution in [3.63, 3.8) is 0 Å². The summed E-state index contributed by atoms with van der Waals surface area (Å²) < 4.78 is 1.67. The van der Waals surface area contributed by atoms with Gasteiger partial charge in [-0.3, -0.25) is 0 Å². The fourth-order valence-corrected chi connectivity index (χ4v) is 3.88. The van der Waals surface area contributed by atoms with E-state index in [4.69, 9.17) is 5.73 Å². The van der Waals surface area contributed by atoms with Crippen molar-refractivity contribution in [2.45, 2.75) is 24.3 Å². The quantitative estimate of drug-likeness (QED) is 0.905. The summed E-state index contributed by atoms with van der Waals surface area (Å²) in [5.41, 5.74) is 6.85. The summed E-state index contributed by atoms with van der Waals surface area (Å²) in [6.07, 6.45) is 5.10. The number of thioether (sulfide) groups is 1. The van der Waals surface area contributed by atoms with Gasteiger partial charge in [-0.2, -0.15) is 16.9 Å². The summed E-state index contributed by atoms with van der Waals surface area (Å²) >= 11 is 2.00. The molecule has 20 heavy (non-hydrogen) atoms. The van der Waals surface area contributed by atoms with Gasteiger partial charge in [0.2, 0.25) is 0 Å². The summed E-state index contributed by atoms with van der Waals surface area (Å²) in [5.74, 6) is 1.45. The molecule has 106 valence electrons. The molecule has 2 aromatic heterocycles. The van der Waals surface area contributed by atoms with Crippen molar-refractivity contribution >= 4 is 23.3 Å². The highest BCUT2D eigenvalue weighted by molar-refractivity contribution is 8.00. The monoisotopic (exact) mass is 290 g/mol. The first-order valence-corrected chi connectivity index (χ1v) is 7.60. The Kier molecular flexibility index (Phi) is 3.52. The molecule has 0 saturated carbocycles. The molecule has 2 atom stereocenters. The summed E-state index contributed by atoms with van der Waals surface area (Å²) in [4.78, 5) is 10.9. The first-order valence-electron chi connectivity index (χ1n) is 6.66. The van der Waals surface area contributed by atoms with Crippen LogP contribution in [-0.4, -0.2) is 43.3 Å². The number of nitrogens with two attached hydrogens (primary N) is 1. The zero-order valence-electron chi connectivity index (χ0n) is 11.6. The van der Waals surface area contributed by atoms with Crippen LogP contribution in [0.5, 0.6) is 0 Å². The fraction of sp³-hybridized carbons (Fsp3) is 0.462. The SMILES string of the molecule is C[C@@H]1CN(c2ncnc(-n3cccn3)c2N)C[C@H](C)S1. The molecular weight excluding hydrogens is 272 g/mol. The summed E-state index contributed by atoms with van der Waals surface area (Å²) in [7, 11) is 0. The van der Waals surface area contributed by atoms with Gasteiger partial charge in [-0.1, -0.05) is 13.8 Å². The molecule has 2 aromatic rings. The molecule has 1 saturated heterocycles. The molecule has 0 amide bonds. The zero-order valence-corrected chi connectivity index (χ0v) is 12.4. The van der Waals surface area contributed by atoms with Gasteiger partial charge >= 0.3 is 0 Å². The van der Waals surface area contributed by atoms with Crippen molar-refractivity contribution in [1.29, 1.82) is 0 Å². The Morgan fingerprint density at radius 1 is 1.20 bits per heavy atom. The van der Waals surface area contributed by atoms with Crippen LogP contribution in [0.3, 0.4) is 0 Å². The summed E-state index contributed by atoms with van der Waals surface area (Å²) in [6, 6.07) is 1.85. The first-order chi connectivity index (χ1) is 9.65. The molecule has 7 heteroatoms. The van der Waals surface area contributed by atoms with E-state index in [9.17, 15) is 0 Å². The molecule has 0 spiro atoms. The van der Waals surface area contributed by atoms with Gasteiger partial charge in [0.25, 0.3) is 0 Å². The maximum atomic E-state index is 6.26. The number of rotatable bonds is 2.